The smallest absolute Gasteiger partial charge is 0.197 e. The molecule has 1 aliphatic heterocycles. The number of nitrogens with zero attached hydrogens (tertiary/aromatic N) is 7. The minimum absolute atomic E-state index is 0.126. The van der Waals surface area contributed by atoms with Gasteiger partial charge in [0.2, 0.25) is 0 Å². The molecular formula is C14H15N7. The van der Waals surface area contributed by atoms with Crippen molar-refractivity contribution >= 4 is 6.34 Å². The van der Waals surface area contributed by atoms with Gasteiger partial charge in [-0.05, 0) is 36.3 Å². The van der Waals surface area contributed by atoms with Crippen LogP contribution in [-0.2, 0) is 0 Å². The van der Waals surface area contributed by atoms with Crippen LogP contribution in [0.3, 0.4) is 0 Å². The Morgan fingerprint density at radius 1 is 1.48 bits per heavy atom. The number of likely N-dealkylation sites (tertiary alicyclic amines) is 1. The van der Waals surface area contributed by atoms with E-state index in [-0.39, 0.29) is 6.04 Å². The van der Waals surface area contributed by atoms with Gasteiger partial charge in [0.1, 0.15) is 0 Å². The summed E-state index contributed by atoms with van der Waals surface area (Å²) in [5, 5.41) is 21.6. The number of hydrogen-bond acceptors (Lipinski definition) is 5. The zero-order valence-electron chi connectivity index (χ0n) is 11.7. The van der Waals surface area contributed by atoms with Gasteiger partial charge in [-0.3, -0.25) is 4.99 Å². The maximum Gasteiger partial charge on any atom is 0.197 e. The van der Waals surface area contributed by atoms with Gasteiger partial charge < -0.3 is 4.90 Å². The van der Waals surface area contributed by atoms with E-state index < -0.39 is 0 Å². The second kappa shape index (κ2) is 5.71. The molecule has 0 radical (unpaired) electrons. The van der Waals surface area contributed by atoms with Gasteiger partial charge in [-0.15, -0.1) is 15.0 Å². The van der Waals surface area contributed by atoms with Crippen LogP contribution < -0.4 is 0 Å². The second-order valence-electron chi connectivity index (χ2n) is 4.87. The molecule has 0 aliphatic carbocycles. The molecule has 106 valence electrons. The third-order valence-electron chi connectivity index (χ3n) is 3.49. The predicted octanol–water partition coefficient (Wildman–Crippen LogP) is 1.33. The van der Waals surface area contributed by atoms with Crippen LogP contribution in [0.2, 0.25) is 0 Å². The highest BCUT2D eigenvalue weighted by Crippen LogP contribution is 2.28. The third kappa shape index (κ3) is 2.60. The van der Waals surface area contributed by atoms with E-state index in [2.05, 4.69) is 31.4 Å². The van der Waals surface area contributed by atoms with E-state index in [1.807, 2.05) is 18.5 Å². The predicted molar refractivity (Wildman–Crippen MR) is 77.0 cm³/mol. The summed E-state index contributed by atoms with van der Waals surface area (Å²) in [6.07, 6.45) is 3.92. The zero-order valence-corrected chi connectivity index (χ0v) is 11.7. The van der Waals surface area contributed by atoms with E-state index in [1.165, 1.54) is 4.80 Å². The van der Waals surface area contributed by atoms with Gasteiger partial charge in [0.15, 0.2) is 5.82 Å². The normalized spacial score (nSPS) is 18.3. The van der Waals surface area contributed by atoms with Crippen molar-refractivity contribution in [1.29, 1.82) is 5.26 Å². The number of aromatic nitrogens is 4. The van der Waals surface area contributed by atoms with Crippen molar-refractivity contribution in [3.05, 3.63) is 35.7 Å². The SMILES string of the molecule is CN=CN1CCC[C@@H]1c1nnn(-c2cccc(C#N)c2)n1. The lowest BCUT2D eigenvalue weighted by molar-refractivity contribution is 0.394. The molecule has 2 aromatic rings. The van der Waals surface area contributed by atoms with Crippen LogP contribution in [0.25, 0.3) is 5.69 Å². The van der Waals surface area contributed by atoms with E-state index in [4.69, 9.17) is 5.26 Å². The van der Waals surface area contributed by atoms with Crippen molar-refractivity contribution in [1.82, 2.24) is 25.1 Å². The average Bonchev–Trinajstić information content (AvgIpc) is 3.16. The van der Waals surface area contributed by atoms with Crippen LogP contribution in [-0.4, -0.2) is 45.0 Å². The van der Waals surface area contributed by atoms with Crippen molar-refractivity contribution < 1.29 is 0 Å². The molecule has 1 aliphatic rings. The Bertz CT molecular complexity index is 697. The van der Waals surface area contributed by atoms with E-state index in [9.17, 15) is 0 Å². The summed E-state index contributed by atoms with van der Waals surface area (Å²) in [5.74, 6) is 0.690. The van der Waals surface area contributed by atoms with E-state index >= 15 is 0 Å². The summed E-state index contributed by atoms with van der Waals surface area (Å²) in [5.41, 5.74) is 1.31. The van der Waals surface area contributed by atoms with Crippen molar-refractivity contribution in [2.45, 2.75) is 18.9 Å². The monoisotopic (exact) mass is 281 g/mol. The number of aliphatic imine (C=N–C) groups is 1. The van der Waals surface area contributed by atoms with Crippen LogP contribution in [0.4, 0.5) is 0 Å². The first kappa shape index (κ1) is 13.2. The van der Waals surface area contributed by atoms with Gasteiger partial charge in [0.05, 0.1) is 29.7 Å². The Morgan fingerprint density at radius 2 is 2.38 bits per heavy atom. The van der Waals surface area contributed by atoms with Gasteiger partial charge in [-0.2, -0.15) is 5.26 Å². The highest BCUT2D eigenvalue weighted by molar-refractivity contribution is 5.56. The fourth-order valence-corrected chi connectivity index (χ4v) is 2.52. The Hall–Kier alpha value is -2.75. The topological polar surface area (TPSA) is 83.0 Å². The van der Waals surface area contributed by atoms with Crippen molar-refractivity contribution in [3.8, 4) is 11.8 Å². The first-order valence-electron chi connectivity index (χ1n) is 6.80. The Balaban J connectivity index is 1.88. The maximum atomic E-state index is 8.94. The Morgan fingerprint density at radius 3 is 3.19 bits per heavy atom. The molecule has 0 saturated carbocycles. The first-order chi connectivity index (χ1) is 10.3. The quantitative estimate of drug-likeness (QED) is 0.626. The van der Waals surface area contributed by atoms with Crippen molar-refractivity contribution in [2.24, 2.45) is 4.99 Å². The number of benzene rings is 1. The zero-order chi connectivity index (χ0) is 14.7. The molecule has 1 fully saturated rings. The van der Waals surface area contributed by atoms with E-state index in [1.54, 1.807) is 19.2 Å². The molecule has 2 heterocycles. The van der Waals surface area contributed by atoms with Gasteiger partial charge in [0, 0.05) is 13.6 Å². The van der Waals surface area contributed by atoms with Crippen molar-refractivity contribution in [2.75, 3.05) is 13.6 Å². The summed E-state index contributed by atoms with van der Waals surface area (Å²) in [7, 11) is 1.76. The first-order valence-corrected chi connectivity index (χ1v) is 6.80. The molecule has 3 rings (SSSR count). The van der Waals surface area contributed by atoms with E-state index in [0.29, 0.717) is 11.4 Å². The van der Waals surface area contributed by atoms with Crippen molar-refractivity contribution in [3.63, 3.8) is 0 Å². The molecule has 0 spiro atoms. The molecule has 0 bridgehead atoms. The minimum Gasteiger partial charge on any atom is -0.353 e. The maximum absolute atomic E-state index is 8.94. The molecule has 0 N–H and O–H groups in total. The molecule has 1 atom stereocenters. The van der Waals surface area contributed by atoms with Crippen LogP contribution in [0.5, 0.6) is 0 Å². The summed E-state index contributed by atoms with van der Waals surface area (Å²) >= 11 is 0. The lowest BCUT2D eigenvalue weighted by Crippen LogP contribution is -2.22. The fourth-order valence-electron chi connectivity index (χ4n) is 2.52. The lowest BCUT2D eigenvalue weighted by Gasteiger charge is -2.18. The molecule has 7 heteroatoms. The molecule has 21 heavy (non-hydrogen) atoms. The Kier molecular flexibility index (Phi) is 3.60. The standard InChI is InChI=1S/C14H15N7/c1-16-10-20-7-3-6-13(20)14-17-19-21(18-14)12-5-2-4-11(8-12)9-15/h2,4-5,8,10,13H,3,6-7H2,1H3/t13-/m1/s1. The molecule has 1 saturated heterocycles. The summed E-state index contributed by atoms with van der Waals surface area (Å²) in [6, 6.07) is 9.39. The van der Waals surface area contributed by atoms with Crippen LogP contribution in [0.15, 0.2) is 29.3 Å². The lowest BCUT2D eigenvalue weighted by atomic mass is 10.2. The van der Waals surface area contributed by atoms with Crippen LogP contribution in [0.1, 0.15) is 30.3 Å². The molecule has 1 aromatic carbocycles. The molecule has 0 unspecified atom stereocenters. The van der Waals surface area contributed by atoms with Gasteiger partial charge in [0.25, 0.3) is 0 Å². The summed E-state index contributed by atoms with van der Waals surface area (Å²) in [6.45, 7) is 0.959. The Labute approximate surface area is 122 Å². The fraction of sp³-hybridized carbons (Fsp3) is 0.357. The van der Waals surface area contributed by atoms with Crippen LogP contribution >= 0.6 is 0 Å². The number of tetrazole rings is 1. The highest BCUT2D eigenvalue weighted by atomic mass is 15.6. The number of hydrogen-bond donors (Lipinski definition) is 0. The molecule has 7 nitrogen and oxygen atoms in total. The number of nitriles is 1. The summed E-state index contributed by atoms with van der Waals surface area (Å²) < 4.78 is 0. The third-order valence-corrected chi connectivity index (χ3v) is 3.49. The van der Waals surface area contributed by atoms with Crippen LogP contribution in [0, 0.1) is 11.3 Å². The molecule has 1 aromatic heterocycles. The highest BCUT2D eigenvalue weighted by Gasteiger charge is 2.27. The van der Waals surface area contributed by atoms with E-state index in [0.717, 1.165) is 25.1 Å². The van der Waals surface area contributed by atoms with Gasteiger partial charge in [-0.25, -0.2) is 0 Å². The largest absolute Gasteiger partial charge is 0.353 e. The average molecular weight is 281 g/mol. The number of rotatable bonds is 3. The second-order valence-corrected chi connectivity index (χ2v) is 4.87. The summed E-state index contributed by atoms with van der Waals surface area (Å²) in [4.78, 5) is 7.66. The van der Waals surface area contributed by atoms with Gasteiger partial charge >= 0.3 is 0 Å². The van der Waals surface area contributed by atoms with Gasteiger partial charge in [-0.1, -0.05) is 6.07 Å². The molecular weight excluding hydrogens is 266 g/mol. The minimum atomic E-state index is 0.126. The molecule has 0 amide bonds.